The summed E-state index contributed by atoms with van der Waals surface area (Å²) in [5, 5.41) is 0. The van der Waals surface area contributed by atoms with Gasteiger partial charge in [0, 0.05) is 57.9 Å². The molecule has 4 heterocycles. The van der Waals surface area contributed by atoms with Gasteiger partial charge in [0.1, 0.15) is 5.82 Å². The Balaban J connectivity index is 1.25. The molecule has 0 radical (unpaired) electrons. The Morgan fingerprint density at radius 2 is 1.89 bits per heavy atom. The Hall–Kier alpha value is -2.76. The van der Waals surface area contributed by atoms with Crippen molar-refractivity contribution in [1.29, 1.82) is 0 Å². The highest BCUT2D eigenvalue weighted by atomic mass is 16.2. The smallest absolute Gasteiger partial charge is 0.324 e. The standard InChI is InChI=1S/C22H27N5O/c1-3-17-7-8-18-19(12-17)24(2)10-11-27(18)21(28)26-15-22(16-26)13-25(14-22)20-6-4-5-9-23-20/h4-9,12H,3,10-11,13-16H2,1-2H3. The molecule has 0 bridgehead atoms. The molecule has 6 nitrogen and oxygen atoms in total. The molecule has 3 aliphatic rings. The maximum absolute atomic E-state index is 13.2. The number of carbonyl (C=O) groups is 1. The lowest BCUT2D eigenvalue weighted by Gasteiger charge is -2.61. The van der Waals surface area contributed by atoms with E-state index in [0.717, 1.165) is 57.2 Å². The average molecular weight is 377 g/mol. The highest BCUT2D eigenvalue weighted by Gasteiger charge is 2.54. The predicted octanol–water partition coefficient (Wildman–Crippen LogP) is 2.84. The minimum absolute atomic E-state index is 0.153. The Kier molecular flexibility index (Phi) is 3.96. The fraction of sp³-hybridized carbons (Fsp3) is 0.455. The molecule has 5 rings (SSSR count). The number of likely N-dealkylation sites (N-methyl/N-ethyl adjacent to an activating group) is 1. The van der Waals surface area contributed by atoms with Crippen molar-refractivity contribution in [2.24, 2.45) is 5.41 Å². The molecule has 2 saturated heterocycles. The lowest BCUT2D eigenvalue weighted by Crippen LogP contribution is -2.74. The van der Waals surface area contributed by atoms with Crippen LogP contribution in [0, 0.1) is 5.41 Å². The van der Waals surface area contributed by atoms with Gasteiger partial charge < -0.3 is 14.7 Å². The van der Waals surface area contributed by atoms with Crippen LogP contribution in [0.5, 0.6) is 0 Å². The van der Waals surface area contributed by atoms with Crippen LogP contribution in [-0.4, -0.2) is 62.2 Å². The molecule has 6 heteroatoms. The minimum Gasteiger partial charge on any atom is -0.371 e. The largest absolute Gasteiger partial charge is 0.371 e. The van der Waals surface area contributed by atoms with Crippen LogP contribution in [0.15, 0.2) is 42.6 Å². The van der Waals surface area contributed by atoms with Crippen molar-refractivity contribution in [1.82, 2.24) is 9.88 Å². The van der Waals surface area contributed by atoms with Gasteiger partial charge >= 0.3 is 6.03 Å². The molecule has 28 heavy (non-hydrogen) atoms. The molecule has 146 valence electrons. The highest BCUT2D eigenvalue weighted by molar-refractivity contribution is 5.97. The Morgan fingerprint density at radius 3 is 2.61 bits per heavy atom. The number of carbonyl (C=O) groups excluding carboxylic acids is 1. The zero-order valence-electron chi connectivity index (χ0n) is 16.6. The van der Waals surface area contributed by atoms with Gasteiger partial charge in [-0.3, -0.25) is 4.90 Å². The summed E-state index contributed by atoms with van der Waals surface area (Å²) in [6.07, 6.45) is 2.85. The van der Waals surface area contributed by atoms with Gasteiger partial charge in [-0.25, -0.2) is 9.78 Å². The summed E-state index contributed by atoms with van der Waals surface area (Å²) in [5.74, 6) is 1.04. The molecule has 0 N–H and O–H groups in total. The number of pyridine rings is 1. The first-order valence-corrected chi connectivity index (χ1v) is 10.2. The van der Waals surface area contributed by atoms with Gasteiger partial charge in [0.15, 0.2) is 0 Å². The Bertz CT molecular complexity index is 885. The first-order chi connectivity index (χ1) is 13.6. The lowest BCUT2D eigenvalue weighted by atomic mass is 9.73. The van der Waals surface area contributed by atoms with Gasteiger partial charge in [-0.2, -0.15) is 0 Å². The van der Waals surface area contributed by atoms with Crippen molar-refractivity contribution in [3.05, 3.63) is 48.2 Å². The van der Waals surface area contributed by atoms with Gasteiger partial charge in [0.25, 0.3) is 0 Å². The molecule has 1 aromatic carbocycles. The zero-order chi connectivity index (χ0) is 19.3. The maximum atomic E-state index is 13.2. The minimum atomic E-state index is 0.153. The van der Waals surface area contributed by atoms with Crippen LogP contribution >= 0.6 is 0 Å². The maximum Gasteiger partial charge on any atom is 0.324 e. The average Bonchev–Trinajstić information content (AvgIpc) is 2.66. The Morgan fingerprint density at radius 1 is 1.07 bits per heavy atom. The van der Waals surface area contributed by atoms with E-state index in [1.807, 2.05) is 28.1 Å². The summed E-state index contributed by atoms with van der Waals surface area (Å²) in [4.78, 5) is 26.2. The van der Waals surface area contributed by atoms with E-state index in [4.69, 9.17) is 0 Å². The fourth-order valence-corrected chi connectivity index (χ4v) is 4.75. The van der Waals surface area contributed by atoms with E-state index in [1.165, 1.54) is 11.3 Å². The van der Waals surface area contributed by atoms with Crippen LogP contribution in [0.2, 0.25) is 0 Å². The third kappa shape index (κ3) is 2.70. The molecule has 0 saturated carbocycles. The number of benzene rings is 1. The number of aryl methyl sites for hydroxylation is 1. The molecule has 0 unspecified atom stereocenters. The van der Waals surface area contributed by atoms with Crippen LogP contribution in [0.1, 0.15) is 12.5 Å². The molecule has 3 aliphatic heterocycles. The SMILES string of the molecule is CCc1ccc2c(c1)N(C)CCN2C(=O)N1CC2(C1)CN(c1ccccn1)C2. The van der Waals surface area contributed by atoms with Gasteiger partial charge in [-0.15, -0.1) is 0 Å². The Labute approximate surface area is 166 Å². The van der Waals surface area contributed by atoms with Crippen molar-refractivity contribution < 1.29 is 4.79 Å². The number of hydrogen-bond donors (Lipinski definition) is 0. The molecule has 2 aromatic rings. The molecule has 0 atom stereocenters. The van der Waals surface area contributed by atoms with Crippen LogP contribution in [0.25, 0.3) is 0 Å². The van der Waals surface area contributed by atoms with Gasteiger partial charge in [0.05, 0.1) is 11.4 Å². The number of amides is 2. The highest BCUT2D eigenvalue weighted by Crippen LogP contribution is 2.43. The molecule has 2 fully saturated rings. The summed E-state index contributed by atoms with van der Waals surface area (Å²) >= 11 is 0. The van der Waals surface area contributed by atoms with E-state index < -0.39 is 0 Å². The van der Waals surface area contributed by atoms with Crippen LogP contribution in [0.4, 0.5) is 22.0 Å². The number of nitrogens with zero attached hydrogens (tertiary/aromatic N) is 5. The molecule has 1 aromatic heterocycles. The number of anilines is 3. The van der Waals surface area contributed by atoms with E-state index in [2.05, 4.69) is 53.0 Å². The lowest BCUT2D eigenvalue weighted by molar-refractivity contribution is 0.00966. The molecule has 2 amide bonds. The summed E-state index contributed by atoms with van der Waals surface area (Å²) in [6.45, 7) is 7.48. The topological polar surface area (TPSA) is 42.9 Å². The number of aromatic nitrogens is 1. The van der Waals surface area contributed by atoms with Gasteiger partial charge in [-0.05, 0) is 36.2 Å². The number of fused-ring (bicyclic) bond motifs is 1. The molecular formula is C22H27N5O. The third-order valence-corrected chi connectivity index (χ3v) is 6.39. The monoisotopic (exact) mass is 377 g/mol. The molecular weight excluding hydrogens is 350 g/mol. The van der Waals surface area contributed by atoms with Crippen molar-refractivity contribution in [3.8, 4) is 0 Å². The molecule has 0 aliphatic carbocycles. The molecule has 1 spiro atoms. The normalized spacial score (nSPS) is 19.9. The summed E-state index contributed by atoms with van der Waals surface area (Å²) in [5.41, 5.74) is 3.78. The van der Waals surface area contributed by atoms with Crippen molar-refractivity contribution in [2.75, 3.05) is 61.0 Å². The second kappa shape index (κ2) is 6.40. The van der Waals surface area contributed by atoms with E-state index in [-0.39, 0.29) is 11.4 Å². The zero-order valence-corrected chi connectivity index (χ0v) is 16.6. The first-order valence-electron chi connectivity index (χ1n) is 10.2. The van der Waals surface area contributed by atoms with E-state index >= 15 is 0 Å². The van der Waals surface area contributed by atoms with Crippen molar-refractivity contribution in [2.45, 2.75) is 13.3 Å². The van der Waals surface area contributed by atoms with Crippen LogP contribution in [0.3, 0.4) is 0 Å². The van der Waals surface area contributed by atoms with E-state index in [0.29, 0.717) is 0 Å². The quantitative estimate of drug-likeness (QED) is 0.807. The summed E-state index contributed by atoms with van der Waals surface area (Å²) in [7, 11) is 2.11. The number of urea groups is 1. The second-order valence-corrected chi connectivity index (χ2v) is 8.43. The predicted molar refractivity (Wildman–Crippen MR) is 112 cm³/mol. The summed E-state index contributed by atoms with van der Waals surface area (Å²) < 4.78 is 0. The van der Waals surface area contributed by atoms with Crippen molar-refractivity contribution >= 4 is 23.2 Å². The number of rotatable bonds is 2. The second-order valence-electron chi connectivity index (χ2n) is 8.43. The van der Waals surface area contributed by atoms with Crippen LogP contribution in [-0.2, 0) is 6.42 Å². The number of likely N-dealkylation sites (tertiary alicyclic amines) is 1. The fourth-order valence-electron chi connectivity index (χ4n) is 4.75. The van der Waals surface area contributed by atoms with Crippen LogP contribution < -0.4 is 14.7 Å². The first kappa shape index (κ1) is 17.3. The number of hydrogen-bond acceptors (Lipinski definition) is 4. The summed E-state index contributed by atoms with van der Waals surface area (Å²) in [6, 6.07) is 12.7. The van der Waals surface area contributed by atoms with Gasteiger partial charge in [-0.1, -0.05) is 19.1 Å². The van der Waals surface area contributed by atoms with E-state index in [1.54, 1.807) is 0 Å². The van der Waals surface area contributed by atoms with Gasteiger partial charge in [0.2, 0.25) is 0 Å². The third-order valence-electron chi connectivity index (χ3n) is 6.39. The van der Waals surface area contributed by atoms with Crippen molar-refractivity contribution in [3.63, 3.8) is 0 Å². The van der Waals surface area contributed by atoms with E-state index in [9.17, 15) is 4.79 Å².